The van der Waals surface area contributed by atoms with Gasteiger partial charge < -0.3 is 19.5 Å². The lowest BCUT2D eigenvalue weighted by Gasteiger charge is -2.13. The lowest BCUT2D eigenvalue weighted by molar-refractivity contribution is 0.355. The number of hydrogen-bond acceptors (Lipinski definition) is 7. The van der Waals surface area contributed by atoms with Gasteiger partial charge in [-0.25, -0.2) is 14.4 Å². The molecule has 0 spiro atoms. The van der Waals surface area contributed by atoms with E-state index in [1.54, 1.807) is 63.1 Å². The highest BCUT2D eigenvalue weighted by Gasteiger charge is 2.14. The van der Waals surface area contributed by atoms with Crippen molar-refractivity contribution in [2.45, 2.75) is 0 Å². The van der Waals surface area contributed by atoms with E-state index in [1.165, 1.54) is 6.07 Å². The summed E-state index contributed by atoms with van der Waals surface area (Å²) < 4.78 is 31.6. The molecule has 0 amide bonds. The van der Waals surface area contributed by atoms with Gasteiger partial charge in [-0.3, -0.25) is 4.98 Å². The number of hydrogen-bond donors (Lipinski definition) is 1. The number of halogens is 1. The second-order valence-corrected chi connectivity index (χ2v) is 7.57. The van der Waals surface area contributed by atoms with Gasteiger partial charge in [0.1, 0.15) is 5.75 Å². The van der Waals surface area contributed by atoms with Gasteiger partial charge in [0.2, 0.25) is 0 Å². The zero-order chi connectivity index (χ0) is 24.2. The Kier molecular flexibility index (Phi) is 6.09. The van der Waals surface area contributed by atoms with E-state index in [-0.39, 0.29) is 5.75 Å². The molecule has 5 aromatic rings. The molecule has 7 nitrogen and oxygen atoms in total. The van der Waals surface area contributed by atoms with Crippen molar-refractivity contribution in [1.29, 1.82) is 0 Å². The standard InChI is InChI=1S/C27H21FN4O3/c1-33-25-13-20-22(14-26(25)34-2)29-11-10-23(20)35-24-9-8-17(12-21(24)28)27-30-15-19(16-31-27)32-18-6-4-3-5-7-18/h3-16,32H,1-2H3. The van der Waals surface area contributed by atoms with Gasteiger partial charge in [0, 0.05) is 28.9 Å². The van der Waals surface area contributed by atoms with Crippen LogP contribution < -0.4 is 19.5 Å². The summed E-state index contributed by atoms with van der Waals surface area (Å²) in [6.45, 7) is 0. The third-order valence-corrected chi connectivity index (χ3v) is 5.33. The second-order valence-electron chi connectivity index (χ2n) is 7.57. The van der Waals surface area contributed by atoms with Gasteiger partial charge in [-0.1, -0.05) is 18.2 Å². The Morgan fingerprint density at radius 3 is 2.17 bits per heavy atom. The molecule has 0 aliphatic rings. The Morgan fingerprint density at radius 2 is 1.46 bits per heavy atom. The van der Waals surface area contributed by atoms with Crippen molar-refractivity contribution < 1.29 is 18.6 Å². The molecule has 0 aliphatic heterocycles. The molecule has 0 saturated carbocycles. The average Bonchev–Trinajstić information content (AvgIpc) is 2.90. The van der Waals surface area contributed by atoms with E-state index in [0.29, 0.717) is 39.5 Å². The van der Waals surface area contributed by atoms with E-state index < -0.39 is 5.82 Å². The summed E-state index contributed by atoms with van der Waals surface area (Å²) in [5.41, 5.74) is 2.83. The first-order valence-corrected chi connectivity index (χ1v) is 10.8. The number of nitrogens with one attached hydrogen (secondary N) is 1. The van der Waals surface area contributed by atoms with Gasteiger partial charge in [0.15, 0.2) is 28.9 Å². The molecule has 2 aromatic heterocycles. The highest BCUT2D eigenvalue weighted by molar-refractivity contribution is 5.88. The number of benzene rings is 3. The molecule has 2 heterocycles. The Bertz CT molecular complexity index is 1480. The van der Waals surface area contributed by atoms with Gasteiger partial charge in [0.05, 0.1) is 37.8 Å². The van der Waals surface area contributed by atoms with Crippen molar-refractivity contribution in [2.24, 2.45) is 0 Å². The van der Waals surface area contributed by atoms with Crippen LogP contribution in [-0.2, 0) is 0 Å². The van der Waals surface area contributed by atoms with E-state index >= 15 is 0 Å². The highest BCUT2D eigenvalue weighted by atomic mass is 19.1. The summed E-state index contributed by atoms with van der Waals surface area (Å²) in [6.07, 6.45) is 4.90. The zero-order valence-corrected chi connectivity index (χ0v) is 19.0. The van der Waals surface area contributed by atoms with Crippen LogP contribution in [-0.4, -0.2) is 29.2 Å². The molecular formula is C27H21FN4O3. The maximum absolute atomic E-state index is 15.0. The van der Waals surface area contributed by atoms with Crippen LogP contribution in [0.5, 0.6) is 23.0 Å². The zero-order valence-electron chi connectivity index (χ0n) is 19.0. The monoisotopic (exact) mass is 468 g/mol. The molecule has 0 radical (unpaired) electrons. The number of para-hydroxylation sites is 1. The number of anilines is 2. The molecular weight excluding hydrogens is 447 g/mol. The molecule has 0 saturated heterocycles. The number of rotatable bonds is 7. The molecule has 0 atom stereocenters. The fraction of sp³-hybridized carbons (Fsp3) is 0.0741. The molecule has 0 bridgehead atoms. The summed E-state index contributed by atoms with van der Waals surface area (Å²) in [6, 6.07) is 19.5. The fourth-order valence-corrected chi connectivity index (χ4v) is 3.61. The lowest BCUT2D eigenvalue weighted by Crippen LogP contribution is -1.96. The van der Waals surface area contributed by atoms with Gasteiger partial charge >= 0.3 is 0 Å². The largest absolute Gasteiger partial charge is 0.493 e. The van der Waals surface area contributed by atoms with Crippen molar-refractivity contribution >= 4 is 22.3 Å². The predicted octanol–water partition coefficient (Wildman–Crippen LogP) is 6.38. The number of nitrogens with zero attached hydrogens (tertiary/aromatic N) is 3. The van der Waals surface area contributed by atoms with Gasteiger partial charge in [-0.15, -0.1) is 0 Å². The highest BCUT2D eigenvalue weighted by Crippen LogP contribution is 2.37. The first-order chi connectivity index (χ1) is 17.1. The molecule has 0 aliphatic carbocycles. The minimum absolute atomic E-state index is 0.0680. The first kappa shape index (κ1) is 22.1. The van der Waals surface area contributed by atoms with Crippen LogP contribution in [0.25, 0.3) is 22.3 Å². The van der Waals surface area contributed by atoms with Crippen molar-refractivity contribution in [3.05, 3.63) is 91.1 Å². The number of aromatic nitrogens is 3. The minimum Gasteiger partial charge on any atom is -0.493 e. The van der Waals surface area contributed by atoms with Crippen molar-refractivity contribution in [3.63, 3.8) is 0 Å². The van der Waals surface area contributed by atoms with Crippen LogP contribution in [0, 0.1) is 5.82 Å². The minimum atomic E-state index is -0.539. The quantitative estimate of drug-likeness (QED) is 0.297. The maximum atomic E-state index is 15.0. The summed E-state index contributed by atoms with van der Waals surface area (Å²) in [5.74, 6) is 1.44. The molecule has 3 aromatic carbocycles. The van der Waals surface area contributed by atoms with Gasteiger partial charge in [0.25, 0.3) is 0 Å². The van der Waals surface area contributed by atoms with Crippen LogP contribution >= 0.6 is 0 Å². The number of ether oxygens (including phenoxy) is 3. The third kappa shape index (κ3) is 4.67. The second kappa shape index (κ2) is 9.64. The Morgan fingerprint density at radius 1 is 0.714 bits per heavy atom. The molecule has 0 fully saturated rings. The first-order valence-electron chi connectivity index (χ1n) is 10.8. The van der Waals surface area contributed by atoms with Crippen LogP contribution in [0.4, 0.5) is 15.8 Å². The van der Waals surface area contributed by atoms with Crippen molar-refractivity contribution in [2.75, 3.05) is 19.5 Å². The van der Waals surface area contributed by atoms with Crippen LogP contribution in [0.3, 0.4) is 0 Å². The van der Waals surface area contributed by atoms with E-state index in [1.807, 2.05) is 30.3 Å². The Hall–Kier alpha value is -4.72. The SMILES string of the molecule is COc1cc2nccc(Oc3ccc(-c4ncc(Nc5ccccc5)cn4)cc3F)c2cc1OC. The molecule has 174 valence electrons. The summed E-state index contributed by atoms with van der Waals surface area (Å²) in [7, 11) is 3.10. The van der Waals surface area contributed by atoms with Crippen LogP contribution in [0.15, 0.2) is 85.3 Å². The topological polar surface area (TPSA) is 78.4 Å². The number of fused-ring (bicyclic) bond motifs is 1. The number of pyridine rings is 1. The Labute approximate surface area is 201 Å². The number of methoxy groups -OCH3 is 2. The summed E-state index contributed by atoms with van der Waals surface area (Å²) in [5, 5.41) is 3.88. The fourth-order valence-electron chi connectivity index (χ4n) is 3.61. The Balaban J connectivity index is 1.38. The molecule has 5 rings (SSSR count). The van der Waals surface area contributed by atoms with Gasteiger partial charge in [-0.2, -0.15) is 0 Å². The summed E-state index contributed by atoms with van der Waals surface area (Å²) in [4.78, 5) is 13.1. The van der Waals surface area contributed by atoms with E-state index in [0.717, 1.165) is 11.4 Å². The predicted molar refractivity (Wildman–Crippen MR) is 132 cm³/mol. The van der Waals surface area contributed by atoms with E-state index in [9.17, 15) is 4.39 Å². The lowest BCUT2D eigenvalue weighted by atomic mass is 10.1. The molecule has 1 N–H and O–H groups in total. The van der Waals surface area contributed by atoms with E-state index in [4.69, 9.17) is 14.2 Å². The average molecular weight is 468 g/mol. The third-order valence-electron chi connectivity index (χ3n) is 5.33. The molecule has 8 heteroatoms. The van der Waals surface area contributed by atoms with Crippen LogP contribution in [0.1, 0.15) is 0 Å². The maximum Gasteiger partial charge on any atom is 0.166 e. The van der Waals surface area contributed by atoms with Crippen LogP contribution in [0.2, 0.25) is 0 Å². The van der Waals surface area contributed by atoms with Crippen molar-refractivity contribution in [1.82, 2.24) is 15.0 Å². The van der Waals surface area contributed by atoms with Gasteiger partial charge in [-0.05, 0) is 42.5 Å². The molecule has 35 heavy (non-hydrogen) atoms. The normalized spacial score (nSPS) is 10.7. The molecule has 0 unspecified atom stereocenters. The summed E-state index contributed by atoms with van der Waals surface area (Å²) >= 11 is 0. The smallest absolute Gasteiger partial charge is 0.166 e. The van der Waals surface area contributed by atoms with Crippen molar-refractivity contribution in [3.8, 4) is 34.4 Å². The van der Waals surface area contributed by atoms with E-state index in [2.05, 4.69) is 20.3 Å².